The highest BCUT2D eigenvalue weighted by atomic mass is 32.1. The van der Waals surface area contributed by atoms with Crippen LogP contribution < -0.4 is 10.6 Å². The van der Waals surface area contributed by atoms with Crippen molar-refractivity contribution >= 4 is 21.6 Å². The topological polar surface area (TPSA) is 55.0 Å². The molecule has 0 saturated heterocycles. The third-order valence-corrected chi connectivity index (χ3v) is 3.35. The average Bonchev–Trinajstić information content (AvgIpc) is 2.75. The summed E-state index contributed by atoms with van der Waals surface area (Å²) in [6.07, 6.45) is -4.36. The Hall–Kier alpha value is -1.83. The van der Waals surface area contributed by atoms with E-state index < -0.39 is 11.7 Å². The second-order valence-corrected chi connectivity index (χ2v) is 4.92. The van der Waals surface area contributed by atoms with Crippen LogP contribution in [0.5, 0.6) is 0 Å². The molecule has 0 unspecified atom stereocenters. The molecular weight excluding hydrogens is 277 g/mol. The number of nitrogens with two attached hydrogens (primary N) is 1. The Kier molecular flexibility index (Phi) is 3.61. The van der Waals surface area contributed by atoms with Gasteiger partial charge in [0.15, 0.2) is 0 Å². The van der Waals surface area contributed by atoms with E-state index in [-0.39, 0.29) is 17.2 Å². The van der Waals surface area contributed by atoms with E-state index in [1.54, 1.807) is 18.0 Å². The van der Waals surface area contributed by atoms with Crippen molar-refractivity contribution in [3.05, 3.63) is 35.4 Å². The maximum Gasteiger partial charge on any atom is 0.416 e. The molecule has 8 heteroatoms. The Labute approximate surface area is 111 Å². The molecule has 2 rings (SSSR count). The Morgan fingerprint density at radius 1 is 1.26 bits per heavy atom. The number of hydrogen-bond acceptors (Lipinski definition) is 5. The molecular formula is C11H11F3N4S. The van der Waals surface area contributed by atoms with Gasteiger partial charge < -0.3 is 10.6 Å². The van der Waals surface area contributed by atoms with E-state index in [0.717, 1.165) is 17.4 Å². The van der Waals surface area contributed by atoms with Crippen LogP contribution in [0.3, 0.4) is 0 Å². The van der Waals surface area contributed by atoms with Crippen LogP contribution in [-0.2, 0) is 12.7 Å². The number of aromatic nitrogens is 2. The number of benzene rings is 1. The van der Waals surface area contributed by atoms with Crippen molar-refractivity contribution in [2.75, 3.05) is 17.7 Å². The van der Waals surface area contributed by atoms with Gasteiger partial charge in [0.1, 0.15) is 0 Å². The van der Waals surface area contributed by atoms with Crippen molar-refractivity contribution in [2.24, 2.45) is 0 Å². The van der Waals surface area contributed by atoms with Gasteiger partial charge in [0.05, 0.1) is 5.56 Å². The van der Waals surface area contributed by atoms with Gasteiger partial charge in [0.25, 0.3) is 0 Å². The second kappa shape index (κ2) is 5.04. The SMILES string of the molecule is CN(Cc1ccccc1C(F)(F)F)c1nnc(N)s1. The maximum absolute atomic E-state index is 12.8. The lowest BCUT2D eigenvalue weighted by Crippen LogP contribution is -2.19. The van der Waals surface area contributed by atoms with E-state index in [1.165, 1.54) is 12.1 Å². The first-order chi connectivity index (χ1) is 8.88. The van der Waals surface area contributed by atoms with Gasteiger partial charge in [-0.2, -0.15) is 13.2 Å². The number of halogens is 3. The predicted molar refractivity (Wildman–Crippen MR) is 67.9 cm³/mol. The van der Waals surface area contributed by atoms with Gasteiger partial charge in [-0.05, 0) is 11.6 Å². The second-order valence-electron chi connectivity index (χ2n) is 3.93. The van der Waals surface area contributed by atoms with Crippen molar-refractivity contribution in [2.45, 2.75) is 12.7 Å². The monoisotopic (exact) mass is 288 g/mol. The number of alkyl halides is 3. The van der Waals surface area contributed by atoms with Gasteiger partial charge in [0, 0.05) is 13.6 Å². The first-order valence-corrected chi connectivity index (χ1v) is 6.15. The first-order valence-electron chi connectivity index (χ1n) is 5.33. The summed E-state index contributed by atoms with van der Waals surface area (Å²) in [5.74, 6) is 0. The van der Waals surface area contributed by atoms with Crippen LogP contribution in [0.2, 0.25) is 0 Å². The van der Waals surface area contributed by atoms with Crippen molar-refractivity contribution in [1.82, 2.24) is 10.2 Å². The largest absolute Gasteiger partial charge is 0.416 e. The van der Waals surface area contributed by atoms with Crippen LogP contribution in [0.4, 0.5) is 23.4 Å². The molecule has 1 aromatic carbocycles. The average molecular weight is 288 g/mol. The summed E-state index contributed by atoms with van der Waals surface area (Å²) in [5, 5.41) is 8.19. The highest BCUT2D eigenvalue weighted by Gasteiger charge is 2.33. The summed E-state index contributed by atoms with van der Waals surface area (Å²) in [4.78, 5) is 1.58. The molecule has 0 aliphatic heterocycles. The minimum absolute atomic E-state index is 0.0876. The lowest BCUT2D eigenvalue weighted by Gasteiger charge is -2.18. The fourth-order valence-electron chi connectivity index (χ4n) is 1.64. The number of nitrogens with zero attached hydrogens (tertiary/aromatic N) is 3. The molecule has 1 aromatic heterocycles. The van der Waals surface area contributed by atoms with E-state index in [2.05, 4.69) is 10.2 Å². The van der Waals surface area contributed by atoms with E-state index in [1.807, 2.05) is 0 Å². The highest BCUT2D eigenvalue weighted by molar-refractivity contribution is 7.18. The zero-order valence-electron chi connectivity index (χ0n) is 9.98. The summed E-state index contributed by atoms with van der Waals surface area (Å²) in [6.45, 7) is 0.0876. The lowest BCUT2D eigenvalue weighted by atomic mass is 10.1. The van der Waals surface area contributed by atoms with Crippen LogP contribution in [0.1, 0.15) is 11.1 Å². The number of rotatable bonds is 3. The van der Waals surface area contributed by atoms with Gasteiger partial charge in [-0.25, -0.2) is 0 Å². The third kappa shape index (κ3) is 3.14. The minimum atomic E-state index is -4.36. The smallest absolute Gasteiger partial charge is 0.374 e. The Morgan fingerprint density at radius 2 is 1.95 bits per heavy atom. The normalized spacial score (nSPS) is 11.6. The summed E-state index contributed by atoms with van der Waals surface area (Å²) in [7, 11) is 1.65. The Balaban J connectivity index is 2.24. The third-order valence-electron chi connectivity index (χ3n) is 2.49. The van der Waals surface area contributed by atoms with Crippen LogP contribution in [0.25, 0.3) is 0 Å². The first kappa shape index (κ1) is 13.6. The van der Waals surface area contributed by atoms with Crippen molar-refractivity contribution in [3.8, 4) is 0 Å². The fraction of sp³-hybridized carbons (Fsp3) is 0.273. The lowest BCUT2D eigenvalue weighted by molar-refractivity contribution is -0.138. The standard InChI is InChI=1S/C11H11F3N4S/c1-18(10-17-16-9(15)19-10)6-7-4-2-3-5-8(7)11(12,13)14/h2-5H,6H2,1H3,(H2,15,16). The number of anilines is 2. The molecule has 0 amide bonds. The van der Waals surface area contributed by atoms with Gasteiger partial charge in [0.2, 0.25) is 10.3 Å². The quantitative estimate of drug-likeness (QED) is 0.943. The molecule has 0 bridgehead atoms. The van der Waals surface area contributed by atoms with E-state index in [9.17, 15) is 13.2 Å². The molecule has 102 valence electrons. The van der Waals surface area contributed by atoms with Gasteiger partial charge in [-0.3, -0.25) is 0 Å². The summed E-state index contributed by atoms with van der Waals surface area (Å²) in [5.41, 5.74) is 4.99. The van der Waals surface area contributed by atoms with E-state index in [4.69, 9.17) is 5.73 Å². The van der Waals surface area contributed by atoms with Gasteiger partial charge in [-0.1, -0.05) is 29.5 Å². The van der Waals surface area contributed by atoms with E-state index in [0.29, 0.717) is 5.13 Å². The Morgan fingerprint density at radius 3 is 2.53 bits per heavy atom. The molecule has 0 aliphatic rings. The maximum atomic E-state index is 12.8. The molecule has 0 radical (unpaired) electrons. The summed E-state index contributed by atoms with van der Waals surface area (Å²) < 4.78 is 38.5. The van der Waals surface area contributed by atoms with Gasteiger partial charge in [-0.15, -0.1) is 10.2 Å². The molecule has 19 heavy (non-hydrogen) atoms. The van der Waals surface area contributed by atoms with Crippen LogP contribution in [0, 0.1) is 0 Å². The molecule has 0 atom stereocenters. The predicted octanol–water partition coefficient (Wildman–Crippen LogP) is 2.78. The molecule has 2 aromatic rings. The minimum Gasteiger partial charge on any atom is -0.374 e. The fourth-order valence-corrected chi connectivity index (χ4v) is 2.21. The number of hydrogen-bond donors (Lipinski definition) is 1. The molecule has 0 saturated carbocycles. The van der Waals surface area contributed by atoms with E-state index >= 15 is 0 Å². The van der Waals surface area contributed by atoms with Gasteiger partial charge >= 0.3 is 6.18 Å². The zero-order valence-corrected chi connectivity index (χ0v) is 10.8. The van der Waals surface area contributed by atoms with Crippen molar-refractivity contribution < 1.29 is 13.2 Å². The molecule has 0 aliphatic carbocycles. The summed E-state index contributed by atoms with van der Waals surface area (Å²) in [6, 6.07) is 5.46. The molecule has 2 N–H and O–H groups in total. The number of nitrogen functional groups attached to an aromatic ring is 1. The zero-order chi connectivity index (χ0) is 14.0. The molecule has 0 spiro atoms. The van der Waals surface area contributed by atoms with Crippen molar-refractivity contribution in [1.29, 1.82) is 0 Å². The van der Waals surface area contributed by atoms with Crippen molar-refractivity contribution in [3.63, 3.8) is 0 Å². The highest BCUT2D eigenvalue weighted by Crippen LogP contribution is 2.33. The van der Waals surface area contributed by atoms with Crippen LogP contribution >= 0.6 is 11.3 Å². The molecule has 0 fully saturated rings. The summed E-state index contributed by atoms with van der Waals surface area (Å²) >= 11 is 1.13. The Bertz CT molecular complexity index is 567. The van der Waals surface area contributed by atoms with Crippen LogP contribution in [0.15, 0.2) is 24.3 Å². The molecule has 1 heterocycles. The van der Waals surface area contributed by atoms with Crippen LogP contribution in [-0.4, -0.2) is 17.2 Å². The molecule has 4 nitrogen and oxygen atoms in total.